The van der Waals surface area contributed by atoms with E-state index in [0.717, 1.165) is 55.6 Å². The maximum atomic E-state index is 4.56. The lowest BCUT2D eigenvalue weighted by molar-refractivity contribution is 0.656. The van der Waals surface area contributed by atoms with Crippen LogP contribution < -0.4 is 0 Å². The molecule has 0 spiro atoms. The minimum absolute atomic E-state index is 0.820. The average molecular weight is 294 g/mol. The highest BCUT2D eigenvalue weighted by atomic mass is 15.1. The second-order valence-electron chi connectivity index (χ2n) is 5.63. The Kier molecular flexibility index (Phi) is 4.78. The molecule has 0 N–H and O–H groups in total. The minimum atomic E-state index is 0.820. The van der Waals surface area contributed by atoms with Gasteiger partial charge in [0.05, 0.1) is 12.5 Å². The topological polar surface area (TPSA) is 43.6 Å². The van der Waals surface area contributed by atoms with E-state index in [4.69, 9.17) is 0 Å². The van der Waals surface area contributed by atoms with Crippen LogP contribution in [-0.4, -0.2) is 19.5 Å². The summed E-state index contributed by atoms with van der Waals surface area (Å²) in [7, 11) is 0. The number of benzene rings is 1. The van der Waals surface area contributed by atoms with Crippen molar-refractivity contribution in [2.24, 2.45) is 0 Å². The molecule has 0 aliphatic rings. The van der Waals surface area contributed by atoms with Crippen molar-refractivity contribution in [1.82, 2.24) is 19.5 Å². The Morgan fingerprint density at radius 2 is 1.86 bits per heavy atom. The van der Waals surface area contributed by atoms with E-state index in [1.165, 1.54) is 5.56 Å². The smallest absolute Gasteiger partial charge is 0.181 e. The van der Waals surface area contributed by atoms with Gasteiger partial charge in [0.25, 0.3) is 0 Å². The van der Waals surface area contributed by atoms with Crippen molar-refractivity contribution >= 4 is 11.2 Å². The van der Waals surface area contributed by atoms with Gasteiger partial charge in [-0.1, -0.05) is 43.7 Å². The summed E-state index contributed by atoms with van der Waals surface area (Å²) in [5.41, 5.74) is 3.24. The summed E-state index contributed by atoms with van der Waals surface area (Å²) in [5, 5.41) is 0. The molecular formula is C18H22N4. The highest BCUT2D eigenvalue weighted by Gasteiger charge is 2.06. The van der Waals surface area contributed by atoms with E-state index in [0.29, 0.717) is 0 Å². The molecular weight excluding hydrogens is 272 g/mol. The zero-order valence-electron chi connectivity index (χ0n) is 13.1. The first-order valence-corrected chi connectivity index (χ1v) is 8.07. The standard InChI is InChI=1S/C18H22N4/c1-2-3-11-17-19-13-16-18(21-17)20-14-22(16)12-7-10-15-8-5-4-6-9-15/h4-6,8-9,13-14H,2-3,7,10-12H2,1H3. The molecule has 0 saturated carbocycles. The first kappa shape index (κ1) is 14.7. The second kappa shape index (κ2) is 7.16. The van der Waals surface area contributed by atoms with Crippen molar-refractivity contribution in [3.63, 3.8) is 0 Å². The van der Waals surface area contributed by atoms with Gasteiger partial charge in [-0.05, 0) is 24.8 Å². The molecule has 4 heteroatoms. The van der Waals surface area contributed by atoms with Crippen molar-refractivity contribution in [3.8, 4) is 0 Å². The van der Waals surface area contributed by atoms with Crippen molar-refractivity contribution in [2.45, 2.75) is 45.6 Å². The van der Waals surface area contributed by atoms with Crippen molar-refractivity contribution in [3.05, 3.63) is 54.2 Å². The zero-order chi connectivity index (χ0) is 15.2. The third-order valence-corrected chi connectivity index (χ3v) is 3.89. The van der Waals surface area contributed by atoms with Gasteiger partial charge in [0.15, 0.2) is 5.65 Å². The number of hydrogen-bond donors (Lipinski definition) is 0. The van der Waals surface area contributed by atoms with Gasteiger partial charge in [0.1, 0.15) is 11.3 Å². The quantitative estimate of drug-likeness (QED) is 0.665. The van der Waals surface area contributed by atoms with Crippen LogP contribution in [0.2, 0.25) is 0 Å². The summed E-state index contributed by atoms with van der Waals surface area (Å²) in [6.45, 7) is 3.13. The minimum Gasteiger partial charge on any atom is -0.328 e. The number of hydrogen-bond acceptors (Lipinski definition) is 3. The molecule has 22 heavy (non-hydrogen) atoms. The monoisotopic (exact) mass is 294 g/mol. The summed E-state index contributed by atoms with van der Waals surface area (Å²) in [6.07, 6.45) is 9.20. The Balaban J connectivity index is 1.64. The number of aryl methyl sites for hydroxylation is 3. The Morgan fingerprint density at radius 1 is 1.00 bits per heavy atom. The molecule has 2 aromatic heterocycles. The fourth-order valence-electron chi connectivity index (χ4n) is 2.62. The first-order chi connectivity index (χ1) is 10.9. The lowest BCUT2D eigenvalue weighted by Gasteiger charge is -2.05. The fraction of sp³-hybridized carbons (Fsp3) is 0.389. The number of nitrogens with zero attached hydrogens (tertiary/aromatic N) is 4. The molecule has 1 aromatic carbocycles. The fourth-order valence-corrected chi connectivity index (χ4v) is 2.62. The lowest BCUT2D eigenvalue weighted by atomic mass is 10.1. The summed E-state index contributed by atoms with van der Waals surface area (Å²) in [6, 6.07) is 10.6. The van der Waals surface area contributed by atoms with Crippen molar-refractivity contribution in [2.75, 3.05) is 0 Å². The molecule has 0 unspecified atom stereocenters. The van der Waals surface area contributed by atoms with Gasteiger partial charge < -0.3 is 4.57 Å². The van der Waals surface area contributed by atoms with Gasteiger partial charge in [-0.3, -0.25) is 0 Å². The third-order valence-electron chi connectivity index (χ3n) is 3.89. The predicted molar refractivity (Wildman–Crippen MR) is 88.7 cm³/mol. The molecule has 0 amide bonds. The van der Waals surface area contributed by atoms with Crippen LogP contribution in [0.1, 0.15) is 37.6 Å². The van der Waals surface area contributed by atoms with E-state index in [1.807, 2.05) is 12.5 Å². The van der Waals surface area contributed by atoms with Crippen LogP contribution in [0.15, 0.2) is 42.9 Å². The van der Waals surface area contributed by atoms with E-state index < -0.39 is 0 Å². The molecule has 0 aliphatic heterocycles. The summed E-state index contributed by atoms with van der Waals surface area (Å²) >= 11 is 0. The van der Waals surface area contributed by atoms with Gasteiger partial charge >= 0.3 is 0 Å². The lowest BCUT2D eigenvalue weighted by Crippen LogP contribution is -2.00. The van der Waals surface area contributed by atoms with Gasteiger partial charge in [-0.2, -0.15) is 0 Å². The Morgan fingerprint density at radius 3 is 2.68 bits per heavy atom. The molecule has 3 aromatic rings. The number of unbranched alkanes of at least 4 members (excludes halogenated alkanes) is 1. The van der Waals surface area contributed by atoms with Crippen LogP contribution in [0, 0.1) is 0 Å². The number of rotatable bonds is 7. The molecule has 3 rings (SSSR count). The van der Waals surface area contributed by atoms with E-state index >= 15 is 0 Å². The maximum absolute atomic E-state index is 4.56. The Bertz CT molecular complexity index is 718. The van der Waals surface area contributed by atoms with Crippen LogP contribution >= 0.6 is 0 Å². The highest BCUT2D eigenvalue weighted by Crippen LogP contribution is 2.12. The van der Waals surface area contributed by atoms with Crippen LogP contribution in [0.5, 0.6) is 0 Å². The molecule has 0 saturated heterocycles. The van der Waals surface area contributed by atoms with Crippen molar-refractivity contribution < 1.29 is 0 Å². The molecule has 0 radical (unpaired) electrons. The molecule has 4 nitrogen and oxygen atoms in total. The largest absolute Gasteiger partial charge is 0.328 e. The SMILES string of the molecule is CCCCc1ncc2c(ncn2CCCc2ccccc2)n1. The normalized spacial score (nSPS) is 11.1. The molecule has 2 heterocycles. The Labute approximate surface area is 131 Å². The van der Waals surface area contributed by atoms with Gasteiger partial charge in [-0.15, -0.1) is 0 Å². The summed E-state index contributed by atoms with van der Waals surface area (Å²) in [5.74, 6) is 0.906. The number of fused-ring (bicyclic) bond motifs is 1. The molecule has 0 fully saturated rings. The third kappa shape index (κ3) is 3.50. The number of imidazole rings is 1. The average Bonchev–Trinajstić information content (AvgIpc) is 2.96. The first-order valence-electron chi connectivity index (χ1n) is 8.07. The van der Waals surface area contributed by atoms with E-state index in [-0.39, 0.29) is 0 Å². The van der Waals surface area contributed by atoms with Crippen LogP contribution in [0.25, 0.3) is 11.2 Å². The van der Waals surface area contributed by atoms with Gasteiger partial charge in [-0.25, -0.2) is 15.0 Å². The molecule has 0 atom stereocenters. The predicted octanol–water partition coefficient (Wildman–Crippen LogP) is 3.80. The molecule has 114 valence electrons. The van der Waals surface area contributed by atoms with Crippen LogP contribution in [0.4, 0.5) is 0 Å². The molecule has 0 bridgehead atoms. The van der Waals surface area contributed by atoms with Crippen molar-refractivity contribution in [1.29, 1.82) is 0 Å². The summed E-state index contributed by atoms with van der Waals surface area (Å²) < 4.78 is 2.15. The summed E-state index contributed by atoms with van der Waals surface area (Å²) in [4.78, 5) is 13.5. The maximum Gasteiger partial charge on any atom is 0.181 e. The van der Waals surface area contributed by atoms with Gasteiger partial charge in [0.2, 0.25) is 0 Å². The van der Waals surface area contributed by atoms with E-state index in [2.05, 4.69) is 56.8 Å². The van der Waals surface area contributed by atoms with E-state index in [1.54, 1.807) is 0 Å². The van der Waals surface area contributed by atoms with Crippen LogP contribution in [-0.2, 0) is 19.4 Å². The second-order valence-corrected chi connectivity index (χ2v) is 5.63. The highest BCUT2D eigenvalue weighted by molar-refractivity contribution is 5.69. The molecule has 0 aliphatic carbocycles. The zero-order valence-corrected chi connectivity index (χ0v) is 13.1. The Hall–Kier alpha value is -2.23. The van der Waals surface area contributed by atoms with Gasteiger partial charge in [0, 0.05) is 13.0 Å². The van der Waals surface area contributed by atoms with Crippen LogP contribution in [0.3, 0.4) is 0 Å². The number of aromatic nitrogens is 4. The van der Waals surface area contributed by atoms with E-state index in [9.17, 15) is 0 Å².